The Morgan fingerprint density at radius 3 is 2.58 bits per heavy atom. The Bertz CT molecular complexity index is 1360. The molecule has 0 radical (unpaired) electrons. The van der Waals surface area contributed by atoms with Crippen LogP contribution in [0.3, 0.4) is 0 Å². The van der Waals surface area contributed by atoms with Crippen molar-refractivity contribution in [3.05, 3.63) is 90.0 Å². The molecule has 150 valence electrons. The molecule has 2 heterocycles. The summed E-state index contributed by atoms with van der Waals surface area (Å²) in [6.07, 6.45) is 2.64. The van der Waals surface area contributed by atoms with Crippen LogP contribution in [0.25, 0.3) is 21.9 Å². The highest BCUT2D eigenvalue weighted by Crippen LogP contribution is 2.44. The van der Waals surface area contributed by atoms with E-state index in [1.165, 1.54) is 5.56 Å². The van der Waals surface area contributed by atoms with Gasteiger partial charge in [-0.15, -0.1) is 0 Å². The number of aliphatic imine (C=N–C) groups is 1. The van der Waals surface area contributed by atoms with E-state index >= 15 is 0 Å². The second-order valence-corrected chi connectivity index (χ2v) is 8.19. The number of nitrogens with one attached hydrogen (secondary N) is 1. The summed E-state index contributed by atoms with van der Waals surface area (Å²) in [6.45, 7) is 1.58. The summed E-state index contributed by atoms with van der Waals surface area (Å²) >= 11 is 0. The van der Waals surface area contributed by atoms with Gasteiger partial charge in [0.15, 0.2) is 5.78 Å². The van der Waals surface area contributed by atoms with Crippen LogP contribution in [-0.2, 0) is 6.42 Å². The fraction of sp³-hybridized carbons (Fsp3) is 0.111. The maximum Gasteiger partial charge on any atom is 0.221 e. The Morgan fingerprint density at radius 2 is 1.77 bits per heavy atom. The molecular weight excluding hydrogens is 384 g/mol. The summed E-state index contributed by atoms with van der Waals surface area (Å²) < 4.78 is 6.43. The third kappa shape index (κ3) is 2.91. The minimum atomic E-state index is -0.622. The molecule has 0 fully saturated rings. The molecule has 1 N–H and O–H groups in total. The second-order valence-electron chi connectivity index (χ2n) is 8.19. The first-order valence-corrected chi connectivity index (χ1v) is 10.4. The van der Waals surface area contributed by atoms with Gasteiger partial charge in [-0.1, -0.05) is 60.7 Å². The first-order chi connectivity index (χ1) is 15.1. The summed E-state index contributed by atoms with van der Waals surface area (Å²) in [5, 5.41) is 5.65. The van der Waals surface area contributed by atoms with Gasteiger partial charge in [0.1, 0.15) is 11.4 Å². The van der Waals surface area contributed by atoms with Gasteiger partial charge in [0.05, 0.1) is 6.21 Å². The number of hydrogen-bond acceptors (Lipinski definition) is 4. The van der Waals surface area contributed by atoms with Crippen molar-refractivity contribution in [2.45, 2.75) is 19.1 Å². The first-order valence-electron chi connectivity index (χ1n) is 10.4. The number of anilines is 1. The number of para-hydroxylation sites is 1. The van der Waals surface area contributed by atoms with Crippen molar-refractivity contribution in [2.75, 3.05) is 5.32 Å². The lowest BCUT2D eigenvalue weighted by molar-refractivity contribution is 0.101. The summed E-state index contributed by atoms with van der Waals surface area (Å²) in [5.41, 5.74) is 5.48. The van der Waals surface area contributed by atoms with Gasteiger partial charge in [-0.25, -0.2) is 0 Å². The number of Topliss-reactive ketones (excluding diaryl/α,β-unsaturated/α-hetero) is 1. The molecule has 0 bridgehead atoms. The second kappa shape index (κ2) is 6.54. The van der Waals surface area contributed by atoms with Gasteiger partial charge in [-0.2, -0.15) is 0 Å². The topological polar surface area (TPSA) is 50.7 Å². The van der Waals surface area contributed by atoms with Gasteiger partial charge < -0.3 is 10.1 Å². The summed E-state index contributed by atoms with van der Waals surface area (Å²) in [5.74, 6) is 0.862. The molecule has 4 aromatic carbocycles. The molecule has 1 spiro atoms. The molecule has 2 aliphatic rings. The zero-order valence-corrected chi connectivity index (χ0v) is 17.1. The van der Waals surface area contributed by atoms with Gasteiger partial charge in [0, 0.05) is 23.1 Å². The van der Waals surface area contributed by atoms with Crippen LogP contribution in [0.2, 0.25) is 0 Å². The van der Waals surface area contributed by atoms with Gasteiger partial charge >= 0.3 is 0 Å². The zero-order chi connectivity index (χ0) is 21.0. The highest BCUT2D eigenvalue weighted by molar-refractivity contribution is 6.01. The minimum Gasteiger partial charge on any atom is -0.460 e. The van der Waals surface area contributed by atoms with Crippen LogP contribution >= 0.6 is 0 Å². The van der Waals surface area contributed by atoms with E-state index in [1.807, 2.05) is 48.7 Å². The van der Waals surface area contributed by atoms with Crippen LogP contribution in [-0.4, -0.2) is 17.7 Å². The van der Waals surface area contributed by atoms with Crippen LogP contribution in [0.1, 0.15) is 22.8 Å². The number of ether oxygens (including phenoxy) is 1. The molecule has 0 amide bonds. The van der Waals surface area contributed by atoms with Crippen LogP contribution in [0.15, 0.2) is 83.9 Å². The fourth-order valence-corrected chi connectivity index (χ4v) is 4.47. The van der Waals surface area contributed by atoms with E-state index in [-0.39, 0.29) is 5.78 Å². The molecule has 31 heavy (non-hydrogen) atoms. The Hall–Kier alpha value is -3.92. The van der Waals surface area contributed by atoms with Gasteiger partial charge in [-0.3, -0.25) is 9.79 Å². The third-order valence-corrected chi connectivity index (χ3v) is 6.09. The maximum atomic E-state index is 11.5. The maximum absolute atomic E-state index is 11.5. The van der Waals surface area contributed by atoms with Crippen LogP contribution in [0.5, 0.6) is 5.75 Å². The van der Waals surface area contributed by atoms with Crippen molar-refractivity contribution in [3.8, 4) is 16.9 Å². The first kappa shape index (κ1) is 17.9. The Kier molecular flexibility index (Phi) is 3.78. The molecule has 1 unspecified atom stereocenters. The smallest absolute Gasteiger partial charge is 0.221 e. The van der Waals surface area contributed by atoms with Crippen LogP contribution in [0.4, 0.5) is 11.4 Å². The van der Waals surface area contributed by atoms with Crippen molar-refractivity contribution >= 4 is 34.1 Å². The molecule has 1 atom stereocenters. The molecule has 0 aromatic heterocycles. The lowest BCUT2D eigenvalue weighted by Gasteiger charge is -2.31. The Balaban J connectivity index is 1.35. The Labute approximate surface area is 180 Å². The number of benzene rings is 4. The van der Waals surface area contributed by atoms with E-state index in [1.54, 1.807) is 6.92 Å². The number of rotatable bonds is 2. The quantitative estimate of drug-likeness (QED) is 0.407. The molecule has 0 saturated heterocycles. The van der Waals surface area contributed by atoms with E-state index < -0.39 is 5.72 Å². The standard InChI is InChI=1S/C27H20N2O2/c1-17(30)18-6-8-19(9-7-18)20-10-12-23-21(14-20)11-13-25-26(23)28-16-27(31-25)15-22-4-2-3-5-24(22)29-27/h2-14,16,29H,15H2,1H3. The van der Waals surface area contributed by atoms with E-state index in [9.17, 15) is 4.79 Å². The molecule has 4 aromatic rings. The molecule has 0 saturated carbocycles. The lowest BCUT2D eigenvalue weighted by Crippen LogP contribution is -2.45. The van der Waals surface area contributed by atoms with Crippen molar-refractivity contribution in [3.63, 3.8) is 0 Å². The van der Waals surface area contributed by atoms with Crippen molar-refractivity contribution < 1.29 is 9.53 Å². The number of hydrogen-bond donors (Lipinski definition) is 1. The summed E-state index contributed by atoms with van der Waals surface area (Å²) in [7, 11) is 0. The van der Waals surface area contributed by atoms with Crippen molar-refractivity contribution in [1.29, 1.82) is 0 Å². The molecule has 6 rings (SSSR count). The average molecular weight is 404 g/mol. The van der Waals surface area contributed by atoms with Crippen LogP contribution in [0, 0.1) is 0 Å². The summed E-state index contributed by atoms with van der Waals surface area (Å²) in [6, 6.07) is 26.4. The number of nitrogens with zero attached hydrogens (tertiary/aromatic N) is 1. The zero-order valence-electron chi connectivity index (χ0n) is 17.1. The SMILES string of the molecule is CC(=O)c1ccc(-c2ccc3c4c(ccc3c2)OC2(C=N4)Cc3ccccc3N2)cc1. The normalized spacial score (nSPS) is 18.4. The third-order valence-electron chi connectivity index (χ3n) is 6.09. The van der Waals surface area contributed by atoms with Crippen LogP contribution < -0.4 is 10.1 Å². The fourth-order valence-electron chi connectivity index (χ4n) is 4.47. The lowest BCUT2D eigenvalue weighted by atomic mass is 9.98. The molecular formula is C27H20N2O2. The van der Waals surface area contributed by atoms with Crippen molar-refractivity contribution in [2.24, 2.45) is 4.99 Å². The highest BCUT2D eigenvalue weighted by atomic mass is 16.5. The predicted molar refractivity (Wildman–Crippen MR) is 125 cm³/mol. The number of carbonyl (C=O) groups excluding carboxylic acids is 1. The number of fused-ring (bicyclic) bond motifs is 4. The van der Waals surface area contributed by atoms with E-state index in [0.717, 1.165) is 51.0 Å². The van der Waals surface area contributed by atoms with Gasteiger partial charge in [0.25, 0.3) is 0 Å². The largest absolute Gasteiger partial charge is 0.460 e. The van der Waals surface area contributed by atoms with E-state index in [4.69, 9.17) is 9.73 Å². The monoisotopic (exact) mass is 404 g/mol. The molecule has 4 heteroatoms. The molecule has 2 aliphatic heterocycles. The predicted octanol–water partition coefficient (Wildman–Crippen LogP) is 6.17. The minimum absolute atomic E-state index is 0.0761. The van der Waals surface area contributed by atoms with Gasteiger partial charge in [0.2, 0.25) is 5.72 Å². The number of carbonyl (C=O) groups is 1. The summed E-state index contributed by atoms with van der Waals surface area (Å²) in [4.78, 5) is 16.4. The Morgan fingerprint density at radius 1 is 0.968 bits per heavy atom. The average Bonchev–Trinajstić information content (AvgIpc) is 3.15. The van der Waals surface area contributed by atoms with E-state index in [2.05, 4.69) is 41.7 Å². The molecule has 0 aliphatic carbocycles. The van der Waals surface area contributed by atoms with Gasteiger partial charge in [-0.05, 0) is 47.2 Å². The van der Waals surface area contributed by atoms with Crippen molar-refractivity contribution in [1.82, 2.24) is 0 Å². The number of ketones is 1. The molecule has 4 nitrogen and oxygen atoms in total. The van der Waals surface area contributed by atoms with E-state index in [0.29, 0.717) is 0 Å². The highest BCUT2D eigenvalue weighted by Gasteiger charge is 2.40.